The zero-order valence-corrected chi connectivity index (χ0v) is 8.84. The van der Waals surface area contributed by atoms with E-state index in [0.717, 1.165) is 0 Å². The molecule has 0 unspecified atom stereocenters. The molecule has 0 radical (unpaired) electrons. The smallest absolute Gasteiger partial charge is 0.356 e. The second-order valence-electron chi connectivity index (χ2n) is 3.59. The van der Waals surface area contributed by atoms with Crippen molar-refractivity contribution >= 4 is 11.9 Å². The fraction of sp³-hybridized carbons (Fsp3) is 0.400. The number of carboxylic acid groups (broad SMARTS) is 2. The van der Waals surface area contributed by atoms with E-state index in [1.54, 1.807) is 0 Å². The number of ether oxygens (including phenoxy) is 1. The number of rotatable bonds is 3. The Hall–Kier alpha value is -2.02. The Balaban J connectivity index is 2.47. The van der Waals surface area contributed by atoms with Crippen LogP contribution < -0.4 is 0 Å². The first-order valence-electron chi connectivity index (χ1n) is 4.99. The Bertz CT molecular complexity index is 486. The highest BCUT2D eigenvalue weighted by Gasteiger charge is 2.22. The lowest BCUT2D eigenvalue weighted by atomic mass is 10.1. The highest BCUT2D eigenvalue weighted by Crippen LogP contribution is 2.16. The predicted molar refractivity (Wildman–Crippen MR) is 53.7 cm³/mol. The van der Waals surface area contributed by atoms with E-state index in [2.05, 4.69) is 9.97 Å². The van der Waals surface area contributed by atoms with Crippen molar-refractivity contribution in [3.8, 4) is 0 Å². The number of aliphatic carboxylic acids is 1. The molecule has 7 nitrogen and oxygen atoms in total. The summed E-state index contributed by atoms with van der Waals surface area (Å²) in [5, 5.41) is 17.6. The van der Waals surface area contributed by atoms with Crippen molar-refractivity contribution in [1.29, 1.82) is 0 Å². The Labute approximate surface area is 96.1 Å². The number of aromatic carboxylic acids is 1. The summed E-state index contributed by atoms with van der Waals surface area (Å²) in [7, 11) is 0. The number of hydrogen-bond donors (Lipinski definition) is 2. The van der Waals surface area contributed by atoms with Crippen molar-refractivity contribution < 1.29 is 24.5 Å². The van der Waals surface area contributed by atoms with Gasteiger partial charge in [0.25, 0.3) is 0 Å². The second-order valence-corrected chi connectivity index (χ2v) is 3.59. The van der Waals surface area contributed by atoms with Gasteiger partial charge in [0.1, 0.15) is 0 Å². The van der Waals surface area contributed by atoms with Crippen LogP contribution in [0.25, 0.3) is 0 Å². The molecule has 0 aliphatic carbocycles. The fourth-order valence-corrected chi connectivity index (χ4v) is 1.64. The van der Waals surface area contributed by atoms with Gasteiger partial charge in [-0.15, -0.1) is 0 Å². The standard InChI is InChI=1S/C10H10N2O5/c13-8(14)3-6-9(10(15)16)12-7-4-17-2-1-5(7)11-6/h1-4H2,(H,13,14)(H,15,16). The molecule has 1 aromatic heterocycles. The van der Waals surface area contributed by atoms with Gasteiger partial charge in [-0.2, -0.15) is 0 Å². The van der Waals surface area contributed by atoms with E-state index < -0.39 is 18.4 Å². The van der Waals surface area contributed by atoms with Gasteiger partial charge >= 0.3 is 11.9 Å². The molecular formula is C10H10N2O5. The quantitative estimate of drug-likeness (QED) is 0.754. The Morgan fingerprint density at radius 3 is 2.65 bits per heavy atom. The number of nitrogens with zero attached hydrogens (tertiary/aromatic N) is 2. The van der Waals surface area contributed by atoms with Crippen molar-refractivity contribution in [3.63, 3.8) is 0 Å². The molecule has 2 N–H and O–H groups in total. The first-order chi connectivity index (χ1) is 8.08. The molecule has 0 aromatic carbocycles. The molecule has 0 saturated carbocycles. The van der Waals surface area contributed by atoms with Gasteiger partial charge in [-0.05, 0) is 0 Å². The summed E-state index contributed by atoms with van der Waals surface area (Å²) in [4.78, 5) is 29.6. The first kappa shape index (κ1) is 11.5. The molecular weight excluding hydrogens is 228 g/mol. The lowest BCUT2D eigenvalue weighted by molar-refractivity contribution is -0.136. The Kier molecular flexibility index (Phi) is 3.01. The highest BCUT2D eigenvalue weighted by molar-refractivity contribution is 5.88. The van der Waals surface area contributed by atoms with Crippen LogP contribution in [0.15, 0.2) is 0 Å². The normalized spacial score (nSPS) is 14.1. The van der Waals surface area contributed by atoms with E-state index in [4.69, 9.17) is 14.9 Å². The molecule has 90 valence electrons. The maximum absolute atomic E-state index is 11.0. The van der Waals surface area contributed by atoms with E-state index in [1.807, 2.05) is 0 Å². The monoisotopic (exact) mass is 238 g/mol. The van der Waals surface area contributed by atoms with Gasteiger partial charge in [-0.1, -0.05) is 0 Å². The highest BCUT2D eigenvalue weighted by atomic mass is 16.5. The van der Waals surface area contributed by atoms with Gasteiger partial charge in [0.05, 0.1) is 36.7 Å². The lowest BCUT2D eigenvalue weighted by Gasteiger charge is -2.16. The van der Waals surface area contributed by atoms with Crippen molar-refractivity contribution in [3.05, 3.63) is 22.8 Å². The zero-order valence-electron chi connectivity index (χ0n) is 8.84. The maximum Gasteiger partial charge on any atom is 0.356 e. The summed E-state index contributed by atoms with van der Waals surface area (Å²) in [5.41, 5.74) is 0.780. The number of aromatic nitrogens is 2. The average Bonchev–Trinajstić information content (AvgIpc) is 2.27. The summed E-state index contributed by atoms with van der Waals surface area (Å²) < 4.78 is 5.14. The molecule has 2 rings (SSSR count). The van der Waals surface area contributed by atoms with E-state index in [-0.39, 0.29) is 18.0 Å². The van der Waals surface area contributed by atoms with Crippen LogP contribution in [0.4, 0.5) is 0 Å². The number of hydrogen-bond acceptors (Lipinski definition) is 5. The fourth-order valence-electron chi connectivity index (χ4n) is 1.64. The average molecular weight is 238 g/mol. The molecule has 17 heavy (non-hydrogen) atoms. The third-order valence-corrected chi connectivity index (χ3v) is 2.37. The zero-order chi connectivity index (χ0) is 12.4. The third-order valence-electron chi connectivity index (χ3n) is 2.37. The minimum absolute atomic E-state index is 0.00866. The van der Waals surface area contributed by atoms with Gasteiger partial charge in [0.2, 0.25) is 0 Å². The largest absolute Gasteiger partial charge is 0.481 e. The minimum Gasteiger partial charge on any atom is -0.481 e. The Morgan fingerprint density at radius 1 is 1.24 bits per heavy atom. The molecule has 2 heterocycles. The van der Waals surface area contributed by atoms with Gasteiger partial charge in [-0.3, -0.25) is 9.78 Å². The summed E-state index contributed by atoms with van der Waals surface area (Å²) in [5.74, 6) is -2.41. The van der Waals surface area contributed by atoms with Crippen LogP contribution in [0.1, 0.15) is 27.6 Å². The molecule has 1 aliphatic heterocycles. The maximum atomic E-state index is 11.0. The van der Waals surface area contributed by atoms with Crippen LogP contribution in [-0.2, 0) is 29.0 Å². The Morgan fingerprint density at radius 2 is 2.00 bits per heavy atom. The predicted octanol–water partition coefficient (Wildman–Crippen LogP) is -0.125. The number of fused-ring (bicyclic) bond motifs is 1. The van der Waals surface area contributed by atoms with Crippen molar-refractivity contribution in [1.82, 2.24) is 9.97 Å². The molecule has 0 fully saturated rings. The SMILES string of the molecule is O=C(O)Cc1nc2c(nc1C(=O)O)COCC2. The summed E-state index contributed by atoms with van der Waals surface area (Å²) in [6, 6.07) is 0. The lowest BCUT2D eigenvalue weighted by Crippen LogP contribution is -2.20. The van der Waals surface area contributed by atoms with Crippen LogP contribution in [0.2, 0.25) is 0 Å². The van der Waals surface area contributed by atoms with E-state index in [0.29, 0.717) is 24.4 Å². The van der Waals surface area contributed by atoms with Crippen molar-refractivity contribution in [2.75, 3.05) is 6.61 Å². The number of carboxylic acids is 2. The topological polar surface area (TPSA) is 110 Å². The molecule has 1 aromatic rings. The van der Waals surface area contributed by atoms with Crippen LogP contribution in [0.3, 0.4) is 0 Å². The van der Waals surface area contributed by atoms with Crippen molar-refractivity contribution in [2.45, 2.75) is 19.4 Å². The van der Waals surface area contributed by atoms with Crippen LogP contribution >= 0.6 is 0 Å². The van der Waals surface area contributed by atoms with Gasteiger partial charge in [0.15, 0.2) is 5.69 Å². The van der Waals surface area contributed by atoms with E-state index >= 15 is 0 Å². The number of carbonyl (C=O) groups is 2. The molecule has 0 atom stereocenters. The summed E-state index contributed by atoms with van der Waals surface area (Å²) >= 11 is 0. The molecule has 0 spiro atoms. The van der Waals surface area contributed by atoms with Crippen LogP contribution in [-0.4, -0.2) is 38.7 Å². The van der Waals surface area contributed by atoms with E-state index in [1.165, 1.54) is 0 Å². The van der Waals surface area contributed by atoms with Gasteiger partial charge in [0, 0.05) is 6.42 Å². The minimum atomic E-state index is -1.28. The second kappa shape index (κ2) is 4.46. The molecule has 1 aliphatic rings. The van der Waals surface area contributed by atoms with Gasteiger partial charge < -0.3 is 14.9 Å². The molecule has 0 bridgehead atoms. The summed E-state index contributed by atoms with van der Waals surface area (Å²) in [6.45, 7) is 0.705. The van der Waals surface area contributed by atoms with E-state index in [9.17, 15) is 9.59 Å². The summed E-state index contributed by atoms with van der Waals surface area (Å²) in [6.07, 6.45) is 0.0810. The van der Waals surface area contributed by atoms with Gasteiger partial charge in [-0.25, -0.2) is 9.78 Å². The van der Waals surface area contributed by atoms with Crippen molar-refractivity contribution in [2.24, 2.45) is 0 Å². The molecule has 7 heteroatoms. The first-order valence-corrected chi connectivity index (χ1v) is 4.99. The van der Waals surface area contributed by atoms with Crippen LogP contribution in [0, 0.1) is 0 Å². The molecule has 0 amide bonds. The molecule has 0 saturated heterocycles. The van der Waals surface area contributed by atoms with Crippen LogP contribution in [0.5, 0.6) is 0 Å². The third kappa shape index (κ3) is 2.39.